The highest BCUT2D eigenvalue weighted by atomic mass is 35.5. The molecule has 1 heterocycles. The van der Waals surface area contributed by atoms with Gasteiger partial charge in [0.05, 0.1) is 5.69 Å². The average Bonchev–Trinajstić information content (AvgIpc) is 2.53. The highest BCUT2D eigenvalue weighted by molar-refractivity contribution is 6.28. The number of nitrogens with zero attached hydrogens (tertiary/aromatic N) is 4. The minimum atomic E-state index is 0.227. The third-order valence-electron chi connectivity index (χ3n) is 1.57. The van der Waals surface area contributed by atoms with Gasteiger partial charge in [-0.1, -0.05) is 5.10 Å². The second-order valence-corrected chi connectivity index (χ2v) is 2.79. The number of hydrogen-bond acceptors (Lipinski definition) is 4. The molecule has 0 amide bonds. The van der Waals surface area contributed by atoms with Crippen LogP contribution in [0.15, 0.2) is 24.3 Å². The summed E-state index contributed by atoms with van der Waals surface area (Å²) in [6.07, 6.45) is 0. The van der Waals surface area contributed by atoms with Crippen LogP contribution in [-0.2, 0) is 0 Å². The third-order valence-corrected chi connectivity index (χ3v) is 1.80. The number of nitrogens with two attached hydrogens (primary N) is 1. The highest BCUT2D eigenvalue weighted by Gasteiger charge is 2.03. The van der Waals surface area contributed by atoms with Gasteiger partial charge >= 0.3 is 0 Å². The Kier molecular flexibility index (Phi) is 1.86. The number of hydrogen-bond donors (Lipinski definition) is 1. The lowest BCUT2D eigenvalue weighted by Gasteiger charge is -1.99. The van der Waals surface area contributed by atoms with Crippen molar-refractivity contribution in [3.8, 4) is 5.69 Å². The number of nitrogen functional groups attached to an aromatic ring is 1. The van der Waals surface area contributed by atoms with Crippen LogP contribution in [0, 0.1) is 0 Å². The van der Waals surface area contributed by atoms with E-state index < -0.39 is 0 Å². The van der Waals surface area contributed by atoms with E-state index in [-0.39, 0.29) is 5.28 Å². The Morgan fingerprint density at radius 1 is 1.23 bits per heavy atom. The maximum atomic E-state index is 5.71. The van der Waals surface area contributed by atoms with Gasteiger partial charge in [0.2, 0.25) is 5.28 Å². The molecule has 0 spiro atoms. The molecule has 2 aromatic rings. The molecule has 0 atom stereocenters. The van der Waals surface area contributed by atoms with Gasteiger partial charge in [0.25, 0.3) is 0 Å². The monoisotopic (exact) mass is 195 g/mol. The van der Waals surface area contributed by atoms with Crippen LogP contribution >= 0.6 is 11.6 Å². The Labute approximate surface area is 79.1 Å². The van der Waals surface area contributed by atoms with Crippen LogP contribution in [-0.4, -0.2) is 20.2 Å². The third kappa shape index (κ3) is 1.46. The summed E-state index contributed by atoms with van der Waals surface area (Å²) in [4.78, 5) is 0. The van der Waals surface area contributed by atoms with Crippen LogP contribution in [0.25, 0.3) is 5.69 Å². The van der Waals surface area contributed by atoms with Gasteiger partial charge in [0.15, 0.2) is 0 Å². The van der Waals surface area contributed by atoms with Gasteiger partial charge in [-0.25, -0.2) is 0 Å². The standard InChI is InChI=1S/C7H6ClN5/c8-7-10-11-12-13(7)6-3-1-5(9)2-4-6/h1-4H,9H2. The molecule has 0 aliphatic heterocycles. The zero-order valence-corrected chi connectivity index (χ0v) is 7.31. The van der Waals surface area contributed by atoms with Crippen LogP contribution in [0.2, 0.25) is 5.28 Å². The fraction of sp³-hybridized carbons (Fsp3) is 0. The lowest BCUT2D eigenvalue weighted by molar-refractivity contribution is 0.789. The van der Waals surface area contributed by atoms with E-state index in [2.05, 4.69) is 15.5 Å². The molecule has 1 aromatic heterocycles. The van der Waals surface area contributed by atoms with Gasteiger partial charge in [-0.3, -0.25) is 0 Å². The van der Waals surface area contributed by atoms with Crippen LogP contribution in [0.5, 0.6) is 0 Å². The Morgan fingerprint density at radius 3 is 2.46 bits per heavy atom. The Hall–Kier alpha value is -1.62. The van der Waals surface area contributed by atoms with Gasteiger partial charge in [0.1, 0.15) is 0 Å². The molecule has 0 fully saturated rings. The number of aromatic nitrogens is 4. The van der Waals surface area contributed by atoms with Crippen molar-refractivity contribution in [2.24, 2.45) is 0 Å². The fourth-order valence-electron chi connectivity index (χ4n) is 0.950. The highest BCUT2D eigenvalue weighted by Crippen LogP contribution is 2.12. The summed E-state index contributed by atoms with van der Waals surface area (Å²) in [7, 11) is 0. The van der Waals surface area contributed by atoms with E-state index in [9.17, 15) is 0 Å². The minimum Gasteiger partial charge on any atom is -0.399 e. The smallest absolute Gasteiger partial charge is 0.247 e. The quantitative estimate of drug-likeness (QED) is 0.687. The van der Waals surface area contributed by atoms with Gasteiger partial charge in [-0.2, -0.15) is 4.68 Å². The average molecular weight is 196 g/mol. The summed E-state index contributed by atoms with van der Waals surface area (Å²) in [6.45, 7) is 0. The van der Waals surface area contributed by atoms with Gasteiger partial charge < -0.3 is 5.73 Å². The molecular weight excluding hydrogens is 190 g/mol. The molecule has 66 valence electrons. The normalized spacial score (nSPS) is 10.2. The maximum absolute atomic E-state index is 5.71. The first-order valence-corrected chi connectivity index (χ1v) is 3.95. The Balaban J connectivity index is 2.47. The predicted molar refractivity (Wildman–Crippen MR) is 48.6 cm³/mol. The lowest BCUT2D eigenvalue weighted by Crippen LogP contribution is -1.97. The first kappa shape index (κ1) is 8.00. The first-order chi connectivity index (χ1) is 6.27. The topological polar surface area (TPSA) is 69.6 Å². The number of rotatable bonds is 1. The number of benzene rings is 1. The van der Waals surface area contributed by atoms with E-state index in [0.29, 0.717) is 5.69 Å². The summed E-state index contributed by atoms with van der Waals surface area (Å²) in [6, 6.07) is 7.09. The van der Waals surface area contributed by atoms with Gasteiger partial charge in [-0.05, 0) is 46.3 Å². The molecule has 6 heteroatoms. The molecule has 0 aliphatic carbocycles. The van der Waals surface area contributed by atoms with Crippen molar-refractivity contribution >= 4 is 17.3 Å². The van der Waals surface area contributed by atoms with Crippen molar-refractivity contribution in [2.75, 3.05) is 5.73 Å². The molecule has 5 nitrogen and oxygen atoms in total. The van der Waals surface area contributed by atoms with E-state index >= 15 is 0 Å². The van der Waals surface area contributed by atoms with E-state index in [0.717, 1.165) is 5.69 Å². The Morgan fingerprint density at radius 2 is 1.92 bits per heavy atom. The molecular formula is C7H6ClN5. The summed E-state index contributed by atoms with van der Waals surface area (Å²) in [5.74, 6) is 0. The van der Waals surface area contributed by atoms with Crippen LogP contribution in [0.1, 0.15) is 0 Å². The fourth-order valence-corrected chi connectivity index (χ4v) is 1.12. The molecule has 0 aliphatic rings. The molecule has 0 unspecified atom stereocenters. The molecule has 0 saturated carbocycles. The van der Waals surface area contributed by atoms with Crippen LogP contribution in [0.3, 0.4) is 0 Å². The SMILES string of the molecule is Nc1ccc(-n2nnnc2Cl)cc1. The van der Waals surface area contributed by atoms with Crippen molar-refractivity contribution in [3.05, 3.63) is 29.5 Å². The van der Waals surface area contributed by atoms with E-state index in [1.54, 1.807) is 24.3 Å². The summed E-state index contributed by atoms with van der Waals surface area (Å²) in [5, 5.41) is 10.9. The number of halogens is 1. The second-order valence-electron chi connectivity index (χ2n) is 2.45. The summed E-state index contributed by atoms with van der Waals surface area (Å²) >= 11 is 5.71. The van der Waals surface area contributed by atoms with Gasteiger partial charge in [0, 0.05) is 5.69 Å². The molecule has 2 N–H and O–H groups in total. The van der Waals surface area contributed by atoms with Crippen molar-refractivity contribution in [3.63, 3.8) is 0 Å². The Bertz CT molecular complexity index is 407. The maximum Gasteiger partial charge on any atom is 0.247 e. The molecule has 13 heavy (non-hydrogen) atoms. The van der Waals surface area contributed by atoms with Gasteiger partial charge in [-0.15, -0.1) is 0 Å². The minimum absolute atomic E-state index is 0.227. The van der Waals surface area contributed by atoms with Crippen molar-refractivity contribution in [1.82, 2.24) is 20.2 Å². The molecule has 1 aromatic carbocycles. The zero-order chi connectivity index (χ0) is 9.26. The van der Waals surface area contributed by atoms with E-state index in [1.807, 2.05) is 0 Å². The first-order valence-electron chi connectivity index (χ1n) is 3.57. The molecule has 2 rings (SSSR count). The number of tetrazole rings is 1. The van der Waals surface area contributed by atoms with Crippen molar-refractivity contribution in [2.45, 2.75) is 0 Å². The lowest BCUT2D eigenvalue weighted by atomic mass is 10.3. The summed E-state index contributed by atoms with van der Waals surface area (Å²) in [5.41, 5.74) is 6.99. The molecule has 0 bridgehead atoms. The van der Waals surface area contributed by atoms with E-state index in [4.69, 9.17) is 17.3 Å². The summed E-state index contributed by atoms with van der Waals surface area (Å²) < 4.78 is 1.42. The molecule has 0 radical (unpaired) electrons. The van der Waals surface area contributed by atoms with Crippen molar-refractivity contribution in [1.29, 1.82) is 0 Å². The molecule has 0 saturated heterocycles. The van der Waals surface area contributed by atoms with Crippen molar-refractivity contribution < 1.29 is 0 Å². The predicted octanol–water partition coefficient (Wildman–Crippen LogP) is 0.898. The van der Waals surface area contributed by atoms with Crippen LogP contribution < -0.4 is 5.73 Å². The van der Waals surface area contributed by atoms with Crippen LogP contribution in [0.4, 0.5) is 5.69 Å². The largest absolute Gasteiger partial charge is 0.399 e. The zero-order valence-electron chi connectivity index (χ0n) is 6.55. The second kappa shape index (κ2) is 3.02. The number of anilines is 1. The van der Waals surface area contributed by atoms with E-state index in [1.165, 1.54) is 4.68 Å².